The Labute approximate surface area is 114 Å². The minimum absolute atomic E-state index is 0.125. The Hall–Kier alpha value is -0.610. The molecule has 1 aromatic heterocycles. The fraction of sp³-hybridized carbons (Fsp3) is 0.714. The van der Waals surface area contributed by atoms with Gasteiger partial charge < -0.3 is 5.32 Å². The Morgan fingerprint density at radius 3 is 2.83 bits per heavy atom. The first kappa shape index (κ1) is 13.8. The number of nitrogens with one attached hydrogen (secondary N) is 1. The van der Waals surface area contributed by atoms with Gasteiger partial charge in [-0.2, -0.15) is 11.8 Å². The molecular weight excluding hydrogens is 242 g/mol. The van der Waals surface area contributed by atoms with Crippen LogP contribution in [-0.2, 0) is 6.54 Å². The van der Waals surface area contributed by atoms with Crippen LogP contribution in [0.3, 0.4) is 0 Å². The molecule has 18 heavy (non-hydrogen) atoms. The van der Waals surface area contributed by atoms with E-state index < -0.39 is 0 Å². The third-order valence-corrected chi connectivity index (χ3v) is 4.47. The van der Waals surface area contributed by atoms with Crippen molar-refractivity contribution in [1.82, 2.24) is 15.3 Å². The molecule has 1 saturated heterocycles. The molecule has 1 atom stereocenters. The summed E-state index contributed by atoms with van der Waals surface area (Å²) in [5.41, 5.74) is 2.44. The molecule has 2 rings (SSSR count). The summed E-state index contributed by atoms with van der Waals surface area (Å²) in [7, 11) is 0. The van der Waals surface area contributed by atoms with Gasteiger partial charge in [0.15, 0.2) is 0 Å². The molecule has 1 aromatic rings. The van der Waals surface area contributed by atoms with Crippen LogP contribution in [-0.4, -0.2) is 21.3 Å². The number of hydrogen-bond acceptors (Lipinski definition) is 4. The lowest BCUT2D eigenvalue weighted by Gasteiger charge is -2.21. The zero-order valence-electron chi connectivity index (χ0n) is 11.8. The highest BCUT2D eigenvalue weighted by Crippen LogP contribution is 2.38. The lowest BCUT2D eigenvalue weighted by Crippen LogP contribution is -2.35. The van der Waals surface area contributed by atoms with Crippen molar-refractivity contribution in [3.05, 3.63) is 23.3 Å². The monoisotopic (exact) mass is 265 g/mol. The van der Waals surface area contributed by atoms with E-state index in [1.54, 1.807) is 0 Å². The van der Waals surface area contributed by atoms with E-state index in [0.29, 0.717) is 5.25 Å². The maximum absolute atomic E-state index is 4.76. The van der Waals surface area contributed by atoms with E-state index >= 15 is 0 Å². The second kappa shape index (κ2) is 5.57. The van der Waals surface area contributed by atoms with Crippen molar-refractivity contribution in [2.75, 3.05) is 5.75 Å². The van der Waals surface area contributed by atoms with Gasteiger partial charge in [0.05, 0.1) is 10.9 Å². The van der Waals surface area contributed by atoms with Crippen LogP contribution in [0.2, 0.25) is 0 Å². The summed E-state index contributed by atoms with van der Waals surface area (Å²) in [6, 6.07) is 0. The Kier molecular flexibility index (Phi) is 4.28. The lowest BCUT2D eigenvalue weighted by atomic mass is 10.1. The van der Waals surface area contributed by atoms with Crippen LogP contribution in [0.25, 0.3) is 0 Å². The van der Waals surface area contributed by atoms with Gasteiger partial charge in [-0.25, -0.2) is 9.97 Å². The molecule has 0 spiro atoms. The molecule has 1 aliphatic heterocycles. The van der Waals surface area contributed by atoms with Crippen LogP contribution < -0.4 is 5.32 Å². The first-order valence-electron chi connectivity index (χ1n) is 6.65. The maximum atomic E-state index is 4.76. The van der Waals surface area contributed by atoms with Crippen LogP contribution in [0.15, 0.2) is 6.20 Å². The summed E-state index contributed by atoms with van der Waals surface area (Å²) in [6.07, 6.45) is 4.49. The predicted molar refractivity (Wildman–Crippen MR) is 77.8 cm³/mol. The van der Waals surface area contributed by atoms with Gasteiger partial charge in [0.25, 0.3) is 0 Å². The topological polar surface area (TPSA) is 37.8 Å². The SMILES string of the molecule is Cc1cnc(C2CCCS2)nc1CNC(C)(C)C. The largest absolute Gasteiger partial charge is 0.306 e. The van der Waals surface area contributed by atoms with Gasteiger partial charge in [-0.05, 0) is 51.9 Å². The fourth-order valence-electron chi connectivity index (χ4n) is 1.96. The highest BCUT2D eigenvalue weighted by molar-refractivity contribution is 7.99. The van der Waals surface area contributed by atoms with Crippen LogP contribution in [0, 0.1) is 6.92 Å². The van der Waals surface area contributed by atoms with Crippen molar-refractivity contribution in [2.45, 2.75) is 57.9 Å². The number of nitrogens with zero attached hydrogens (tertiary/aromatic N) is 2. The summed E-state index contributed by atoms with van der Waals surface area (Å²) < 4.78 is 0. The quantitative estimate of drug-likeness (QED) is 0.910. The standard InChI is InChI=1S/C14H23N3S/c1-10-8-15-13(12-6-5-7-18-12)17-11(10)9-16-14(2,3)4/h8,12,16H,5-7,9H2,1-4H3. The van der Waals surface area contributed by atoms with E-state index in [1.165, 1.54) is 24.2 Å². The smallest absolute Gasteiger partial charge is 0.141 e. The van der Waals surface area contributed by atoms with Crippen LogP contribution in [0.1, 0.15) is 55.9 Å². The van der Waals surface area contributed by atoms with Crippen molar-refractivity contribution in [3.8, 4) is 0 Å². The predicted octanol–water partition coefficient (Wildman–Crippen LogP) is 3.24. The molecule has 3 nitrogen and oxygen atoms in total. The molecular formula is C14H23N3S. The number of hydrogen-bond donors (Lipinski definition) is 1. The van der Waals surface area contributed by atoms with Crippen molar-refractivity contribution in [1.29, 1.82) is 0 Å². The minimum atomic E-state index is 0.125. The molecule has 1 fully saturated rings. The molecule has 0 bridgehead atoms. The maximum Gasteiger partial charge on any atom is 0.141 e. The first-order chi connectivity index (χ1) is 8.46. The number of aryl methyl sites for hydroxylation is 1. The Morgan fingerprint density at radius 2 is 2.22 bits per heavy atom. The van der Waals surface area contributed by atoms with Gasteiger partial charge in [0.2, 0.25) is 0 Å². The second-order valence-electron chi connectivity index (χ2n) is 5.96. The van der Waals surface area contributed by atoms with Gasteiger partial charge in [-0.15, -0.1) is 0 Å². The molecule has 0 aromatic carbocycles. The fourth-order valence-corrected chi connectivity index (χ4v) is 3.17. The van der Waals surface area contributed by atoms with Crippen LogP contribution in [0.5, 0.6) is 0 Å². The van der Waals surface area contributed by atoms with Gasteiger partial charge in [0.1, 0.15) is 5.82 Å². The van der Waals surface area contributed by atoms with Gasteiger partial charge in [0, 0.05) is 18.3 Å². The van der Waals surface area contributed by atoms with Gasteiger partial charge >= 0.3 is 0 Å². The number of aromatic nitrogens is 2. The van der Waals surface area contributed by atoms with E-state index in [-0.39, 0.29) is 5.54 Å². The lowest BCUT2D eigenvalue weighted by molar-refractivity contribution is 0.420. The number of rotatable bonds is 3. The van der Waals surface area contributed by atoms with E-state index in [9.17, 15) is 0 Å². The molecule has 0 aliphatic carbocycles. The summed E-state index contributed by atoms with van der Waals surface area (Å²) in [6.45, 7) is 9.44. The minimum Gasteiger partial charge on any atom is -0.306 e. The third kappa shape index (κ3) is 3.69. The zero-order valence-corrected chi connectivity index (χ0v) is 12.6. The van der Waals surface area contributed by atoms with Crippen molar-refractivity contribution in [3.63, 3.8) is 0 Å². The van der Waals surface area contributed by atoms with E-state index in [0.717, 1.165) is 18.1 Å². The molecule has 1 aliphatic rings. The van der Waals surface area contributed by atoms with E-state index in [4.69, 9.17) is 4.98 Å². The molecule has 0 saturated carbocycles. The van der Waals surface area contributed by atoms with Gasteiger partial charge in [-0.1, -0.05) is 0 Å². The molecule has 0 amide bonds. The molecule has 4 heteroatoms. The molecule has 100 valence electrons. The van der Waals surface area contributed by atoms with Crippen molar-refractivity contribution < 1.29 is 0 Å². The summed E-state index contributed by atoms with van der Waals surface area (Å²) >= 11 is 1.99. The van der Waals surface area contributed by atoms with Crippen LogP contribution in [0.4, 0.5) is 0 Å². The molecule has 1 N–H and O–H groups in total. The Bertz CT molecular complexity index is 406. The molecule has 1 unspecified atom stereocenters. The molecule has 0 radical (unpaired) electrons. The van der Waals surface area contributed by atoms with E-state index in [1.807, 2.05) is 18.0 Å². The van der Waals surface area contributed by atoms with Crippen molar-refractivity contribution in [2.24, 2.45) is 0 Å². The normalized spacial score (nSPS) is 20.3. The summed E-state index contributed by atoms with van der Waals surface area (Å²) in [5, 5.41) is 4.01. The highest BCUT2D eigenvalue weighted by Gasteiger charge is 2.21. The van der Waals surface area contributed by atoms with E-state index in [2.05, 4.69) is 38.0 Å². The van der Waals surface area contributed by atoms with Gasteiger partial charge in [-0.3, -0.25) is 0 Å². The number of thioether (sulfide) groups is 1. The molecule has 2 heterocycles. The Morgan fingerprint density at radius 1 is 1.44 bits per heavy atom. The highest BCUT2D eigenvalue weighted by atomic mass is 32.2. The van der Waals surface area contributed by atoms with Crippen molar-refractivity contribution >= 4 is 11.8 Å². The average molecular weight is 265 g/mol. The summed E-state index contributed by atoms with van der Waals surface area (Å²) in [5.74, 6) is 2.27. The average Bonchev–Trinajstić information content (AvgIpc) is 2.80. The first-order valence-corrected chi connectivity index (χ1v) is 7.69. The summed E-state index contributed by atoms with van der Waals surface area (Å²) in [4.78, 5) is 9.27. The second-order valence-corrected chi connectivity index (χ2v) is 7.27. The Balaban J connectivity index is 2.11. The third-order valence-electron chi connectivity index (χ3n) is 3.10. The zero-order chi connectivity index (χ0) is 13.2. The van der Waals surface area contributed by atoms with Crippen LogP contribution >= 0.6 is 11.8 Å².